The van der Waals surface area contributed by atoms with Gasteiger partial charge >= 0.3 is 0 Å². The number of likely N-dealkylation sites (tertiary alicyclic amines) is 1. The number of carbonyl (C=O) groups excluding carboxylic acids is 3. The van der Waals surface area contributed by atoms with Crippen molar-refractivity contribution in [1.82, 2.24) is 19.8 Å². The Balaban J connectivity index is 1.68. The zero-order valence-corrected chi connectivity index (χ0v) is 22.9. The van der Waals surface area contributed by atoms with Crippen LogP contribution in [0.25, 0.3) is 6.08 Å². The summed E-state index contributed by atoms with van der Waals surface area (Å²) >= 11 is 0. The molecule has 202 valence electrons. The van der Waals surface area contributed by atoms with E-state index in [1.807, 2.05) is 49.1 Å². The second-order valence-electron chi connectivity index (χ2n) is 11.5. The van der Waals surface area contributed by atoms with Gasteiger partial charge in [-0.15, -0.1) is 0 Å². The van der Waals surface area contributed by atoms with Gasteiger partial charge in [0.15, 0.2) is 12.3 Å². The normalized spacial score (nSPS) is 26.0. The molecule has 0 saturated carbocycles. The van der Waals surface area contributed by atoms with Crippen molar-refractivity contribution in [3.63, 3.8) is 0 Å². The first kappa shape index (κ1) is 27.3. The predicted octanol–water partition coefficient (Wildman–Crippen LogP) is 3.39. The molecule has 1 aromatic rings. The summed E-state index contributed by atoms with van der Waals surface area (Å²) in [7, 11) is 2.10. The van der Waals surface area contributed by atoms with Crippen LogP contribution in [-0.2, 0) is 19.2 Å². The molecule has 0 radical (unpaired) electrons. The quantitative estimate of drug-likeness (QED) is 0.526. The highest BCUT2D eigenvalue weighted by molar-refractivity contribution is 5.95. The molecule has 3 atom stereocenters. The van der Waals surface area contributed by atoms with Crippen LogP contribution in [-0.4, -0.2) is 88.5 Å². The third kappa shape index (κ3) is 6.24. The lowest BCUT2D eigenvalue weighted by Crippen LogP contribution is -2.74. The Bertz CT molecular complexity index is 987. The molecule has 37 heavy (non-hydrogen) atoms. The van der Waals surface area contributed by atoms with E-state index in [0.29, 0.717) is 12.8 Å². The van der Waals surface area contributed by atoms with Crippen molar-refractivity contribution < 1.29 is 19.2 Å². The van der Waals surface area contributed by atoms with Crippen LogP contribution in [0.1, 0.15) is 58.9 Å². The van der Waals surface area contributed by atoms with E-state index < -0.39 is 18.3 Å². The molecule has 0 spiro atoms. The number of piperazine rings is 1. The maximum atomic E-state index is 13.9. The molecular formula is C29H42N4O4. The fourth-order valence-electron chi connectivity index (χ4n) is 5.65. The molecule has 3 heterocycles. The average molecular weight is 511 g/mol. The molecule has 3 aliphatic heterocycles. The molecular weight excluding hydrogens is 468 g/mol. The van der Waals surface area contributed by atoms with Crippen molar-refractivity contribution in [3.05, 3.63) is 42.0 Å². The third-order valence-corrected chi connectivity index (χ3v) is 7.57. The number of hydrogen-bond donors (Lipinski definition) is 0. The van der Waals surface area contributed by atoms with Crippen LogP contribution in [0.5, 0.6) is 0 Å². The van der Waals surface area contributed by atoms with E-state index >= 15 is 0 Å². The average Bonchev–Trinajstić information content (AvgIpc) is 2.86. The Morgan fingerprint density at radius 2 is 1.65 bits per heavy atom. The summed E-state index contributed by atoms with van der Waals surface area (Å²) in [6, 6.07) is 9.12. The van der Waals surface area contributed by atoms with E-state index in [1.165, 1.54) is 11.1 Å². The van der Waals surface area contributed by atoms with Gasteiger partial charge in [-0.05, 0) is 69.3 Å². The summed E-state index contributed by atoms with van der Waals surface area (Å²) in [5.74, 6) is -0.0846. The Morgan fingerprint density at radius 3 is 2.27 bits per heavy atom. The van der Waals surface area contributed by atoms with E-state index in [-0.39, 0.29) is 42.1 Å². The molecule has 3 amide bonds. The lowest BCUT2D eigenvalue weighted by Gasteiger charge is -2.55. The summed E-state index contributed by atoms with van der Waals surface area (Å²) in [5, 5.41) is 1.37. The minimum absolute atomic E-state index is 0.00489. The standard InChI is InChI=1S/C29H42N4O4/c1-20(2)17-24-28(35)31(23-13-15-30(5)16-14-23)19-26-32(24)29(36)25(18-21(3)4)37-33(26)27(34)12-11-22-9-7-6-8-10-22/h6-12,20-21,23-26H,13-19H2,1-5H3/t24-,25+,26-/m0/s1. The molecule has 0 bridgehead atoms. The minimum Gasteiger partial charge on any atom is -0.334 e. The van der Waals surface area contributed by atoms with Crippen LogP contribution in [0, 0.1) is 11.8 Å². The second-order valence-corrected chi connectivity index (χ2v) is 11.5. The number of hydroxylamine groups is 2. The number of benzene rings is 1. The molecule has 1 aromatic carbocycles. The van der Waals surface area contributed by atoms with Crippen molar-refractivity contribution in [3.8, 4) is 0 Å². The predicted molar refractivity (Wildman–Crippen MR) is 143 cm³/mol. The van der Waals surface area contributed by atoms with Crippen LogP contribution in [0.15, 0.2) is 36.4 Å². The molecule has 0 aliphatic carbocycles. The van der Waals surface area contributed by atoms with Gasteiger partial charge in [0.1, 0.15) is 6.04 Å². The van der Waals surface area contributed by atoms with E-state index in [4.69, 9.17) is 4.84 Å². The maximum Gasteiger partial charge on any atom is 0.272 e. The Labute approximate surface area is 221 Å². The molecule has 8 nitrogen and oxygen atoms in total. The van der Waals surface area contributed by atoms with Crippen LogP contribution in [0.4, 0.5) is 0 Å². The zero-order chi connectivity index (χ0) is 26.7. The lowest BCUT2D eigenvalue weighted by atomic mass is 9.93. The molecule has 3 saturated heterocycles. The monoisotopic (exact) mass is 510 g/mol. The van der Waals surface area contributed by atoms with Gasteiger partial charge in [-0.25, -0.2) is 0 Å². The van der Waals surface area contributed by atoms with Crippen molar-refractivity contribution in [2.24, 2.45) is 11.8 Å². The number of hydrogen-bond acceptors (Lipinski definition) is 5. The highest BCUT2D eigenvalue weighted by atomic mass is 16.7. The molecule has 0 unspecified atom stereocenters. The van der Waals surface area contributed by atoms with Crippen LogP contribution < -0.4 is 0 Å². The summed E-state index contributed by atoms with van der Waals surface area (Å²) in [4.78, 5) is 53.3. The van der Waals surface area contributed by atoms with Crippen molar-refractivity contribution in [1.29, 1.82) is 0 Å². The Hall–Kier alpha value is -2.71. The highest BCUT2D eigenvalue weighted by Gasteiger charge is 2.53. The highest BCUT2D eigenvalue weighted by Crippen LogP contribution is 2.34. The number of piperidine rings is 1. The largest absolute Gasteiger partial charge is 0.334 e. The van der Waals surface area contributed by atoms with E-state index in [9.17, 15) is 14.4 Å². The van der Waals surface area contributed by atoms with Gasteiger partial charge in [0.05, 0.1) is 6.54 Å². The van der Waals surface area contributed by atoms with E-state index in [1.54, 1.807) is 11.0 Å². The summed E-state index contributed by atoms with van der Waals surface area (Å²) in [6.07, 6.45) is 4.64. The fourth-order valence-corrected chi connectivity index (χ4v) is 5.65. The van der Waals surface area contributed by atoms with Crippen molar-refractivity contribution in [2.45, 2.75) is 77.7 Å². The van der Waals surface area contributed by atoms with Gasteiger partial charge in [-0.2, -0.15) is 5.06 Å². The number of amides is 3. The van der Waals surface area contributed by atoms with Crippen molar-refractivity contribution >= 4 is 23.8 Å². The SMILES string of the molecule is CC(C)C[C@H]1ON(C(=O)C=Cc2ccccc2)[C@H]2CN(C3CCN(C)CC3)C(=O)[C@H](CC(C)C)N2C1=O. The fraction of sp³-hybridized carbons (Fsp3) is 0.621. The zero-order valence-electron chi connectivity index (χ0n) is 22.9. The van der Waals surface area contributed by atoms with Crippen LogP contribution in [0.2, 0.25) is 0 Å². The summed E-state index contributed by atoms with van der Waals surface area (Å²) in [6.45, 7) is 10.3. The van der Waals surface area contributed by atoms with E-state index in [0.717, 1.165) is 31.5 Å². The molecule has 0 N–H and O–H groups in total. The molecule has 4 rings (SSSR count). The summed E-state index contributed by atoms with van der Waals surface area (Å²) < 4.78 is 0. The maximum absolute atomic E-state index is 13.9. The van der Waals surface area contributed by atoms with Gasteiger partial charge in [0.25, 0.3) is 11.8 Å². The van der Waals surface area contributed by atoms with Gasteiger partial charge < -0.3 is 14.7 Å². The minimum atomic E-state index is -0.789. The molecule has 3 fully saturated rings. The number of carbonyl (C=O) groups is 3. The second kappa shape index (κ2) is 11.8. The molecule has 8 heteroatoms. The number of rotatable bonds is 7. The Morgan fingerprint density at radius 1 is 1.00 bits per heavy atom. The van der Waals surface area contributed by atoms with Gasteiger partial charge in [-0.1, -0.05) is 58.0 Å². The first-order valence-corrected chi connectivity index (χ1v) is 13.7. The Kier molecular flexibility index (Phi) is 8.70. The first-order chi connectivity index (χ1) is 17.7. The summed E-state index contributed by atoms with van der Waals surface area (Å²) in [5.41, 5.74) is 0.906. The number of fused-ring (bicyclic) bond motifs is 1. The number of nitrogens with zero attached hydrogens (tertiary/aromatic N) is 4. The topological polar surface area (TPSA) is 73.4 Å². The first-order valence-electron chi connectivity index (χ1n) is 13.7. The van der Waals surface area contributed by atoms with Crippen LogP contribution in [0.3, 0.4) is 0 Å². The van der Waals surface area contributed by atoms with Crippen LogP contribution >= 0.6 is 0 Å². The lowest BCUT2D eigenvalue weighted by molar-refractivity contribution is -0.275. The smallest absolute Gasteiger partial charge is 0.272 e. The van der Waals surface area contributed by atoms with E-state index in [2.05, 4.69) is 25.8 Å². The van der Waals surface area contributed by atoms with Gasteiger partial charge in [0.2, 0.25) is 5.91 Å². The molecule has 0 aromatic heterocycles. The van der Waals surface area contributed by atoms with Gasteiger partial charge in [-0.3, -0.25) is 19.2 Å². The van der Waals surface area contributed by atoms with Gasteiger partial charge in [0, 0.05) is 12.1 Å². The third-order valence-electron chi connectivity index (χ3n) is 7.57. The van der Waals surface area contributed by atoms with Crippen molar-refractivity contribution in [2.75, 3.05) is 26.7 Å². The molecule has 3 aliphatic rings.